The first kappa shape index (κ1) is 31.2. The average molecular weight is 587 g/mol. The molecule has 0 unspecified atom stereocenters. The standard InChI is InChI=1S/C33H38BNO8/c1-21-16-29(39-15-14-23(3)41-25(5)36)17-22(2)33(21)30-9-7-8-26(24(30)4)20-40-28-12-10-27(11-13-28)34-42-31(37)18-35(6)19-32(38)43-34/h7-13,16-19,23,37-38H,14-15,20H2,1-6H3/b31-18-,32-19-/t23-/m1/s1. The van der Waals surface area contributed by atoms with Crippen molar-refractivity contribution in [2.24, 2.45) is 0 Å². The van der Waals surface area contributed by atoms with E-state index in [2.05, 4.69) is 32.9 Å². The van der Waals surface area contributed by atoms with Crippen molar-refractivity contribution >= 4 is 18.6 Å². The third kappa shape index (κ3) is 8.41. The summed E-state index contributed by atoms with van der Waals surface area (Å²) in [5.74, 6) is 0.462. The van der Waals surface area contributed by atoms with Crippen molar-refractivity contribution in [3.63, 3.8) is 0 Å². The zero-order valence-corrected chi connectivity index (χ0v) is 25.4. The Balaban J connectivity index is 1.42. The zero-order chi connectivity index (χ0) is 31.1. The van der Waals surface area contributed by atoms with Gasteiger partial charge in [-0.2, -0.15) is 0 Å². The first-order valence-electron chi connectivity index (χ1n) is 14.1. The Morgan fingerprint density at radius 3 is 2.16 bits per heavy atom. The van der Waals surface area contributed by atoms with Gasteiger partial charge < -0.3 is 38.6 Å². The van der Waals surface area contributed by atoms with Gasteiger partial charge in [0.15, 0.2) is 0 Å². The molecular weight excluding hydrogens is 549 g/mol. The van der Waals surface area contributed by atoms with Crippen LogP contribution in [0.1, 0.15) is 42.5 Å². The van der Waals surface area contributed by atoms with Crippen molar-refractivity contribution in [2.45, 2.75) is 53.8 Å². The SMILES string of the molecule is CC(=O)O[C@H](C)CCOc1cc(C)c(-c2cccc(COc3ccc(B4O/C(O)=C\N(C)/C=C(/O)O4)cc3)c2C)c(C)c1. The van der Waals surface area contributed by atoms with Crippen molar-refractivity contribution in [1.82, 2.24) is 4.90 Å². The number of carbonyl (C=O) groups excluding carboxylic acids is 1. The van der Waals surface area contributed by atoms with E-state index in [4.69, 9.17) is 23.5 Å². The number of ether oxygens (including phenoxy) is 3. The van der Waals surface area contributed by atoms with E-state index in [0.29, 0.717) is 30.8 Å². The van der Waals surface area contributed by atoms with Gasteiger partial charge in [-0.15, -0.1) is 0 Å². The number of esters is 1. The Morgan fingerprint density at radius 1 is 0.930 bits per heavy atom. The van der Waals surface area contributed by atoms with E-state index in [-0.39, 0.29) is 24.0 Å². The number of aliphatic hydroxyl groups excluding tert-OH is 2. The normalized spacial score (nSPS) is 16.3. The van der Waals surface area contributed by atoms with Gasteiger partial charge in [0.1, 0.15) is 24.2 Å². The van der Waals surface area contributed by atoms with E-state index in [9.17, 15) is 15.0 Å². The van der Waals surface area contributed by atoms with Crippen LogP contribution < -0.4 is 14.9 Å². The number of aryl methyl sites for hydroxylation is 2. The summed E-state index contributed by atoms with van der Waals surface area (Å²) in [5, 5.41) is 20.0. The molecule has 1 atom stereocenters. The number of aliphatic hydroxyl groups is 2. The van der Waals surface area contributed by atoms with Crippen LogP contribution in [0.15, 0.2) is 78.9 Å². The molecule has 226 valence electrons. The Bertz CT molecular complexity index is 1460. The molecule has 0 spiro atoms. The van der Waals surface area contributed by atoms with Gasteiger partial charge in [0.25, 0.3) is 11.9 Å². The second-order valence-corrected chi connectivity index (χ2v) is 10.6. The molecule has 43 heavy (non-hydrogen) atoms. The summed E-state index contributed by atoms with van der Waals surface area (Å²) < 4.78 is 28.1. The Labute approximate surface area is 253 Å². The minimum Gasteiger partial charge on any atom is -0.494 e. The summed E-state index contributed by atoms with van der Waals surface area (Å²) in [5.41, 5.74) is 7.27. The maximum absolute atomic E-state index is 11.1. The Hall–Kier alpha value is -4.73. The summed E-state index contributed by atoms with van der Waals surface area (Å²) in [6.07, 6.45) is 3.06. The van der Waals surface area contributed by atoms with E-state index < -0.39 is 7.12 Å². The van der Waals surface area contributed by atoms with Gasteiger partial charge in [0, 0.05) is 25.9 Å². The zero-order valence-electron chi connectivity index (χ0n) is 25.4. The second kappa shape index (κ2) is 14.0. The number of hydrogen-bond acceptors (Lipinski definition) is 9. The highest BCUT2D eigenvalue weighted by Gasteiger charge is 2.29. The third-order valence-corrected chi connectivity index (χ3v) is 7.01. The Morgan fingerprint density at radius 2 is 1.56 bits per heavy atom. The van der Waals surface area contributed by atoms with E-state index >= 15 is 0 Å². The number of rotatable bonds is 10. The number of nitrogens with zero attached hydrogens (tertiary/aromatic N) is 1. The van der Waals surface area contributed by atoms with Crippen molar-refractivity contribution in [3.8, 4) is 22.6 Å². The summed E-state index contributed by atoms with van der Waals surface area (Å²) in [6, 6.07) is 17.4. The predicted molar refractivity (Wildman–Crippen MR) is 165 cm³/mol. The van der Waals surface area contributed by atoms with Crippen LogP contribution in [0, 0.1) is 20.8 Å². The predicted octanol–water partition coefficient (Wildman–Crippen LogP) is 5.97. The maximum Gasteiger partial charge on any atom is 0.636 e. The molecule has 0 fully saturated rings. The molecule has 0 aromatic heterocycles. The molecule has 4 rings (SSSR count). The molecule has 1 heterocycles. The van der Waals surface area contributed by atoms with Crippen molar-refractivity contribution in [2.75, 3.05) is 13.7 Å². The lowest BCUT2D eigenvalue weighted by atomic mass is 9.79. The molecule has 0 saturated carbocycles. The maximum atomic E-state index is 11.1. The smallest absolute Gasteiger partial charge is 0.494 e. The van der Waals surface area contributed by atoms with Gasteiger partial charge >= 0.3 is 13.1 Å². The highest BCUT2D eigenvalue weighted by molar-refractivity contribution is 6.61. The van der Waals surface area contributed by atoms with Gasteiger partial charge in [0.2, 0.25) is 0 Å². The summed E-state index contributed by atoms with van der Waals surface area (Å²) >= 11 is 0. The average Bonchev–Trinajstić information content (AvgIpc) is 2.91. The van der Waals surface area contributed by atoms with Gasteiger partial charge in [-0.05, 0) is 85.3 Å². The van der Waals surface area contributed by atoms with Crippen LogP contribution in [-0.4, -0.2) is 48.0 Å². The molecule has 0 radical (unpaired) electrons. The van der Waals surface area contributed by atoms with Crippen LogP contribution in [0.3, 0.4) is 0 Å². The molecule has 0 aliphatic carbocycles. The van der Waals surface area contributed by atoms with Crippen LogP contribution in [0.5, 0.6) is 11.5 Å². The molecule has 0 saturated heterocycles. The first-order valence-corrected chi connectivity index (χ1v) is 14.1. The fraction of sp³-hybridized carbons (Fsp3) is 0.303. The highest BCUT2D eigenvalue weighted by atomic mass is 16.7. The molecule has 9 nitrogen and oxygen atoms in total. The molecule has 0 amide bonds. The Kier molecular flexibility index (Phi) is 10.1. The fourth-order valence-corrected chi connectivity index (χ4v) is 4.94. The first-order chi connectivity index (χ1) is 20.5. The largest absolute Gasteiger partial charge is 0.636 e. The minimum atomic E-state index is -1.03. The second-order valence-electron chi connectivity index (χ2n) is 10.6. The van der Waals surface area contributed by atoms with Crippen LogP contribution in [0.4, 0.5) is 0 Å². The molecule has 0 bridgehead atoms. The molecule has 3 aromatic rings. The number of hydrogen-bond donors (Lipinski definition) is 2. The van der Waals surface area contributed by atoms with Crippen LogP contribution in [0.2, 0.25) is 0 Å². The summed E-state index contributed by atoms with van der Waals surface area (Å²) in [7, 11) is 0.595. The fourth-order valence-electron chi connectivity index (χ4n) is 4.94. The molecule has 1 aliphatic heterocycles. The summed E-state index contributed by atoms with van der Waals surface area (Å²) in [6.45, 7) is 10.3. The van der Waals surface area contributed by atoms with Gasteiger partial charge in [-0.1, -0.05) is 30.3 Å². The molecular formula is C33H38BNO8. The minimum absolute atomic E-state index is 0.194. The molecule has 10 heteroatoms. The van der Waals surface area contributed by atoms with E-state index in [1.165, 1.54) is 24.2 Å². The van der Waals surface area contributed by atoms with Crippen molar-refractivity contribution < 1.29 is 38.5 Å². The van der Waals surface area contributed by atoms with Crippen LogP contribution in [0.25, 0.3) is 11.1 Å². The molecule has 3 aromatic carbocycles. The quantitative estimate of drug-likeness (QED) is 0.219. The molecule has 2 N–H and O–H groups in total. The topological polar surface area (TPSA) is 107 Å². The number of benzene rings is 3. The van der Waals surface area contributed by atoms with E-state index in [0.717, 1.165) is 39.1 Å². The highest BCUT2D eigenvalue weighted by Crippen LogP contribution is 2.34. The van der Waals surface area contributed by atoms with E-state index in [1.54, 1.807) is 31.3 Å². The van der Waals surface area contributed by atoms with E-state index in [1.807, 2.05) is 25.1 Å². The third-order valence-electron chi connectivity index (χ3n) is 7.01. The van der Waals surface area contributed by atoms with Gasteiger partial charge in [0.05, 0.1) is 19.0 Å². The van der Waals surface area contributed by atoms with Crippen LogP contribution >= 0.6 is 0 Å². The van der Waals surface area contributed by atoms with Crippen LogP contribution in [-0.2, 0) is 25.4 Å². The van der Waals surface area contributed by atoms with Crippen molar-refractivity contribution in [1.29, 1.82) is 0 Å². The number of carbonyl (C=O) groups is 1. The summed E-state index contributed by atoms with van der Waals surface area (Å²) in [4.78, 5) is 12.5. The van der Waals surface area contributed by atoms with Gasteiger partial charge in [-0.25, -0.2) is 0 Å². The molecule has 1 aliphatic rings. The van der Waals surface area contributed by atoms with Crippen molar-refractivity contribution in [3.05, 3.63) is 101 Å². The monoisotopic (exact) mass is 587 g/mol. The lowest BCUT2D eigenvalue weighted by Gasteiger charge is -2.20. The lowest BCUT2D eigenvalue weighted by molar-refractivity contribution is -0.145. The lowest BCUT2D eigenvalue weighted by Crippen LogP contribution is -2.37. The van der Waals surface area contributed by atoms with Gasteiger partial charge in [-0.3, -0.25) is 4.79 Å².